The molecule has 10 heteroatoms. The van der Waals surface area contributed by atoms with Gasteiger partial charge in [-0.1, -0.05) is 11.8 Å². The molecule has 6 rings (SSSR count). The molecule has 9 nitrogen and oxygen atoms in total. The first-order valence-corrected chi connectivity index (χ1v) is 11.5. The number of nitrogens with zero attached hydrogens (tertiary/aromatic N) is 3. The Kier molecular flexibility index (Phi) is 5.11. The molecule has 4 aliphatic carbocycles. The van der Waals surface area contributed by atoms with E-state index < -0.39 is 4.92 Å². The monoisotopic (exact) mass is 444 g/mol. The zero-order valence-corrected chi connectivity index (χ0v) is 18.0. The first kappa shape index (κ1) is 20.3. The van der Waals surface area contributed by atoms with Gasteiger partial charge in [0.2, 0.25) is 11.8 Å². The molecule has 31 heavy (non-hydrogen) atoms. The summed E-state index contributed by atoms with van der Waals surface area (Å²) in [6.45, 7) is 0. The van der Waals surface area contributed by atoms with E-state index >= 15 is 0 Å². The summed E-state index contributed by atoms with van der Waals surface area (Å²) in [5.74, 6) is 3.04. The summed E-state index contributed by atoms with van der Waals surface area (Å²) in [6.07, 6.45) is 7.42. The van der Waals surface area contributed by atoms with E-state index in [1.807, 2.05) is 0 Å². The normalized spacial score (nSPS) is 28.5. The van der Waals surface area contributed by atoms with Crippen molar-refractivity contribution >= 4 is 29.0 Å². The first-order valence-electron chi connectivity index (χ1n) is 10.5. The van der Waals surface area contributed by atoms with Gasteiger partial charge in [0, 0.05) is 5.41 Å². The number of rotatable bonds is 7. The lowest BCUT2D eigenvalue weighted by Crippen LogP contribution is -2.48. The van der Waals surface area contributed by atoms with Gasteiger partial charge in [0.1, 0.15) is 11.4 Å². The number of amides is 1. The molecule has 1 heterocycles. The molecule has 4 bridgehead atoms. The molecule has 1 N–H and O–H groups in total. The van der Waals surface area contributed by atoms with Crippen molar-refractivity contribution in [3.63, 3.8) is 0 Å². The minimum absolute atomic E-state index is 0.0195. The van der Waals surface area contributed by atoms with Gasteiger partial charge >= 0.3 is 0 Å². The second kappa shape index (κ2) is 7.81. The fourth-order valence-electron chi connectivity index (χ4n) is 6.06. The van der Waals surface area contributed by atoms with E-state index in [9.17, 15) is 14.9 Å². The van der Waals surface area contributed by atoms with Crippen molar-refractivity contribution in [1.82, 2.24) is 10.2 Å². The average molecular weight is 445 g/mol. The Morgan fingerprint density at radius 3 is 2.55 bits per heavy atom. The second-order valence-corrected chi connectivity index (χ2v) is 9.97. The van der Waals surface area contributed by atoms with Crippen molar-refractivity contribution in [2.45, 2.75) is 49.2 Å². The number of nitro groups is 1. The van der Waals surface area contributed by atoms with Crippen LogP contribution in [0.2, 0.25) is 0 Å². The number of hydrogen-bond acceptors (Lipinski definition) is 8. The molecule has 2 aromatic rings. The van der Waals surface area contributed by atoms with Crippen LogP contribution in [0.5, 0.6) is 5.75 Å². The van der Waals surface area contributed by atoms with Crippen LogP contribution in [0.1, 0.15) is 44.4 Å². The highest BCUT2D eigenvalue weighted by atomic mass is 32.2. The Balaban J connectivity index is 1.22. The summed E-state index contributed by atoms with van der Waals surface area (Å²) in [6, 6.07) is 4.29. The molecule has 4 aliphatic rings. The van der Waals surface area contributed by atoms with E-state index in [-0.39, 0.29) is 28.4 Å². The molecule has 164 valence electrons. The molecule has 1 aromatic heterocycles. The molecule has 4 fully saturated rings. The van der Waals surface area contributed by atoms with Gasteiger partial charge in [-0.3, -0.25) is 14.9 Å². The van der Waals surface area contributed by atoms with E-state index in [0.29, 0.717) is 11.0 Å². The highest BCUT2D eigenvalue weighted by Gasteiger charge is 2.54. The van der Waals surface area contributed by atoms with Gasteiger partial charge in [-0.25, -0.2) is 0 Å². The molecule has 0 unspecified atom stereocenters. The Bertz CT molecular complexity index is 988. The standard InChI is InChI=1S/C21H24N4O5S/c1-29-15-2-3-16(17(7-15)25(27)28)22-18(26)11-31-20-24-23-19(30-20)21-8-12-4-13(9-21)6-14(5-12)10-21/h2-3,7,12-14H,4-6,8-11H2,1H3,(H,22,26). The zero-order chi connectivity index (χ0) is 21.6. The number of carbonyl (C=O) groups is 1. The van der Waals surface area contributed by atoms with E-state index in [4.69, 9.17) is 9.15 Å². The van der Waals surface area contributed by atoms with Crippen molar-refractivity contribution in [2.24, 2.45) is 17.8 Å². The van der Waals surface area contributed by atoms with Crippen LogP contribution < -0.4 is 10.1 Å². The number of benzene rings is 1. The number of anilines is 1. The van der Waals surface area contributed by atoms with Crippen LogP contribution in [-0.4, -0.2) is 33.9 Å². The third kappa shape index (κ3) is 3.88. The fraction of sp³-hybridized carbons (Fsp3) is 0.571. The Morgan fingerprint density at radius 2 is 1.94 bits per heavy atom. The molecule has 0 aliphatic heterocycles. The molecule has 0 spiro atoms. The minimum atomic E-state index is -0.555. The maximum absolute atomic E-state index is 12.4. The third-order valence-electron chi connectivity index (χ3n) is 6.90. The minimum Gasteiger partial charge on any atom is -0.496 e. The molecule has 1 amide bonds. The van der Waals surface area contributed by atoms with E-state index in [2.05, 4.69) is 15.5 Å². The predicted molar refractivity (Wildman–Crippen MR) is 113 cm³/mol. The lowest BCUT2D eigenvalue weighted by atomic mass is 9.49. The maximum Gasteiger partial charge on any atom is 0.296 e. The number of carbonyl (C=O) groups excluding carboxylic acids is 1. The smallest absolute Gasteiger partial charge is 0.296 e. The second-order valence-electron chi connectivity index (χ2n) is 9.05. The molecule has 0 radical (unpaired) electrons. The largest absolute Gasteiger partial charge is 0.496 e. The van der Waals surface area contributed by atoms with Crippen molar-refractivity contribution in [3.8, 4) is 5.75 Å². The van der Waals surface area contributed by atoms with Crippen LogP contribution in [0.25, 0.3) is 0 Å². The summed E-state index contributed by atoms with van der Waals surface area (Å²) >= 11 is 1.15. The number of nitro benzene ring substituents is 1. The van der Waals surface area contributed by atoms with Gasteiger partial charge in [0.05, 0.1) is 23.9 Å². The highest BCUT2D eigenvalue weighted by Crippen LogP contribution is 2.60. The van der Waals surface area contributed by atoms with Gasteiger partial charge < -0.3 is 14.5 Å². The number of aromatic nitrogens is 2. The van der Waals surface area contributed by atoms with Gasteiger partial charge in [-0.15, -0.1) is 10.2 Å². The fourth-order valence-corrected chi connectivity index (χ4v) is 6.63. The first-order chi connectivity index (χ1) is 14.9. The third-order valence-corrected chi connectivity index (χ3v) is 7.72. The maximum atomic E-state index is 12.4. The molecular weight excluding hydrogens is 420 g/mol. The van der Waals surface area contributed by atoms with Crippen LogP contribution in [0.3, 0.4) is 0 Å². The summed E-state index contributed by atoms with van der Waals surface area (Å²) in [5.41, 5.74) is -0.0808. The zero-order valence-electron chi connectivity index (χ0n) is 17.2. The van der Waals surface area contributed by atoms with Crippen molar-refractivity contribution in [3.05, 3.63) is 34.2 Å². The number of thioether (sulfide) groups is 1. The summed E-state index contributed by atoms with van der Waals surface area (Å²) < 4.78 is 11.0. The lowest BCUT2D eigenvalue weighted by molar-refractivity contribution is -0.384. The Labute approximate surface area is 183 Å². The summed E-state index contributed by atoms with van der Waals surface area (Å²) in [5, 5.41) is 22.7. The Hall–Kier alpha value is -2.62. The van der Waals surface area contributed by atoms with Crippen molar-refractivity contribution in [2.75, 3.05) is 18.2 Å². The topological polar surface area (TPSA) is 120 Å². The van der Waals surface area contributed by atoms with Gasteiger partial charge in [0.25, 0.3) is 10.9 Å². The summed E-state index contributed by atoms with van der Waals surface area (Å²) in [7, 11) is 1.43. The average Bonchev–Trinajstić information content (AvgIpc) is 3.21. The SMILES string of the molecule is COc1ccc(NC(=O)CSc2nnc(C34CC5CC(CC(C5)C3)C4)o2)c([N+](=O)[O-])c1. The Morgan fingerprint density at radius 1 is 1.26 bits per heavy atom. The van der Waals surface area contributed by atoms with Gasteiger partial charge in [-0.05, 0) is 68.4 Å². The molecule has 0 atom stereocenters. The van der Waals surface area contributed by atoms with Gasteiger partial charge in [-0.2, -0.15) is 0 Å². The number of ether oxygens (including phenoxy) is 1. The molecular formula is C21H24N4O5S. The number of methoxy groups -OCH3 is 1. The lowest BCUT2D eigenvalue weighted by Gasteiger charge is -2.55. The summed E-state index contributed by atoms with van der Waals surface area (Å²) in [4.78, 5) is 23.1. The van der Waals surface area contributed by atoms with Gasteiger partial charge in [0.15, 0.2) is 0 Å². The van der Waals surface area contributed by atoms with Crippen LogP contribution in [0, 0.1) is 27.9 Å². The van der Waals surface area contributed by atoms with Crippen molar-refractivity contribution in [1.29, 1.82) is 0 Å². The van der Waals surface area contributed by atoms with E-state index in [0.717, 1.165) is 54.7 Å². The van der Waals surface area contributed by atoms with Crippen LogP contribution in [0.4, 0.5) is 11.4 Å². The predicted octanol–water partition coefficient (Wildman–Crippen LogP) is 4.19. The van der Waals surface area contributed by atoms with Crippen LogP contribution in [0.15, 0.2) is 27.8 Å². The number of hydrogen-bond donors (Lipinski definition) is 1. The molecule has 4 saturated carbocycles. The van der Waals surface area contributed by atoms with Crippen LogP contribution in [-0.2, 0) is 10.2 Å². The molecule has 0 saturated heterocycles. The van der Waals surface area contributed by atoms with E-state index in [1.54, 1.807) is 6.07 Å². The molecule has 1 aromatic carbocycles. The quantitative estimate of drug-likeness (QED) is 0.383. The van der Waals surface area contributed by atoms with E-state index in [1.165, 1.54) is 38.5 Å². The number of nitrogens with one attached hydrogen (secondary N) is 1. The van der Waals surface area contributed by atoms with Crippen molar-refractivity contribution < 1.29 is 18.9 Å². The highest BCUT2D eigenvalue weighted by molar-refractivity contribution is 7.99. The van der Waals surface area contributed by atoms with Crippen LogP contribution >= 0.6 is 11.8 Å².